The van der Waals surface area contributed by atoms with E-state index < -0.39 is 0 Å². The number of benzene rings is 3. The third kappa shape index (κ3) is 3.90. The second-order valence-electron chi connectivity index (χ2n) is 7.20. The van der Waals surface area contributed by atoms with Crippen molar-refractivity contribution in [2.24, 2.45) is 0 Å². The molecule has 0 bridgehead atoms. The average molecular weight is 355 g/mol. The van der Waals surface area contributed by atoms with E-state index in [1.54, 1.807) is 12.1 Å². The highest BCUT2D eigenvalue weighted by Crippen LogP contribution is 2.29. The van der Waals surface area contributed by atoms with E-state index in [9.17, 15) is 5.11 Å². The highest BCUT2D eigenvalue weighted by molar-refractivity contribution is 5.88. The van der Waals surface area contributed by atoms with Crippen LogP contribution in [0.3, 0.4) is 0 Å². The van der Waals surface area contributed by atoms with Gasteiger partial charge in [-0.1, -0.05) is 50.1 Å². The number of nitrogens with one attached hydrogen (secondary N) is 1. The molecule has 3 aromatic carbocycles. The lowest BCUT2D eigenvalue weighted by molar-refractivity contribution is 0.475. The minimum absolute atomic E-state index is 0.286. The summed E-state index contributed by atoms with van der Waals surface area (Å²) in [5.41, 5.74) is 5.93. The predicted octanol–water partition coefficient (Wildman–Crippen LogP) is 6.94. The smallest absolute Gasteiger partial charge is 0.115 e. The summed E-state index contributed by atoms with van der Waals surface area (Å²) in [6.45, 7) is 2.25. The molecule has 1 aromatic heterocycles. The summed E-state index contributed by atoms with van der Waals surface area (Å²) >= 11 is 0. The maximum Gasteiger partial charge on any atom is 0.115 e. The first kappa shape index (κ1) is 17.4. The maximum absolute atomic E-state index is 9.46. The second kappa shape index (κ2) is 7.71. The summed E-state index contributed by atoms with van der Waals surface area (Å²) in [6, 6.07) is 22.9. The van der Waals surface area contributed by atoms with Crippen molar-refractivity contribution in [3.8, 4) is 28.1 Å². The zero-order chi connectivity index (χ0) is 18.6. The lowest BCUT2D eigenvalue weighted by Crippen LogP contribution is -1.86. The number of aromatic amines is 1. The van der Waals surface area contributed by atoms with E-state index in [4.69, 9.17) is 0 Å². The fourth-order valence-electron chi connectivity index (χ4n) is 3.58. The van der Waals surface area contributed by atoms with Crippen molar-refractivity contribution >= 4 is 10.8 Å². The average Bonchev–Trinajstić information content (AvgIpc) is 3.18. The van der Waals surface area contributed by atoms with Gasteiger partial charge in [0.05, 0.1) is 0 Å². The van der Waals surface area contributed by atoms with Gasteiger partial charge in [0.1, 0.15) is 5.75 Å². The van der Waals surface area contributed by atoms with Crippen LogP contribution in [0.2, 0.25) is 0 Å². The molecule has 0 aliphatic rings. The summed E-state index contributed by atoms with van der Waals surface area (Å²) in [4.78, 5) is 3.34. The highest BCUT2D eigenvalue weighted by atomic mass is 16.3. The molecular formula is C25H25NO. The standard InChI is InChI=1S/C25H25NO/c1-2-3-4-5-18-6-7-21-15-22(9-8-20(21)14-18)23-16-25(26-17-23)19-10-12-24(27)13-11-19/h6-17,26-27H,2-5H2,1H3. The molecule has 0 fully saturated rings. The van der Waals surface area contributed by atoms with Crippen molar-refractivity contribution in [3.05, 3.63) is 78.5 Å². The maximum atomic E-state index is 9.46. The Bertz CT molecular complexity index is 1040. The number of rotatable bonds is 6. The molecule has 2 nitrogen and oxygen atoms in total. The van der Waals surface area contributed by atoms with Gasteiger partial charge in [-0.2, -0.15) is 0 Å². The second-order valence-corrected chi connectivity index (χ2v) is 7.20. The van der Waals surface area contributed by atoms with E-state index in [1.807, 2.05) is 18.3 Å². The Morgan fingerprint density at radius 1 is 0.741 bits per heavy atom. The normalized spacial score (nSPS) is 11.1. The van der Waals surface area contributed by atoms with Gasteiger partial charge in [0.25, 0.3) is 0 Å². The number of hydrogen-bond acceptors (Lipinski definition) is 1. The minimum atomic E-state index is 0.286. The number of aromatic hydroxyl groups is 1. The largest absolute Gasteiger partial charge is 0.508 e. The van der Waals surface area contributed by atoms with Crippen LogP contribution >= 0.6 is 0 Å². The number of phenolic OH excluding ortho intramolecular Hbond substituents is 1. The van der Waals surface area contributed by atoms with Crippen LogP contribution in [0.25, 0.3) is 33.2 Å². The van der Waals surface area contributed by atoms with Gasteiger partial charge in [0.15, 0.2) is 0 Å². The van der Waals surface area contributed by atoms with Crippen molar-refractivity contribution in [2.45, 2.75) is 32.6 Å². The van der Waals surface area contributed by atoms with Crippen LogP contribution in [-0.2, 0) is 6.42 Å². The fraction of sp³-hybridized carbons (Fsp3) is 0.200. The van der Waals surface area contributed by atoms with Gasteiger partial charge in [-0.05, 0) is 82.3 Å². The lowest BCUT2D eigenvalue weighted by atomic mass is 9.99. The number of aromatic nitrogens is 1. The number of unbranched alkanes of at least 4 members (excludes halogenated alkanes) is 2. The first-order valence-corrected chi connectivity index (χ1v) is 9.74. The van der Waals surface area contributed by atoms with E-state index in [0.29, 0.717) is 0 Å². The first-order valence-electron chi connectivity index (χ1n) is 9.74. The Balaban J connectivity index is 1.59. The van der Waals surface area contributed by atoms with Gasteiger partial charge < -0.3 is 10.1 Å². The molecule has 4 rings (SSSR count). The molecule has 2 heteroatoms. The number of H-pyrrole nitrogens is 1. The molecule has 0 aliphatic heterocycles. The van der Waals surface area contributed by atoms with Gasteiger partial charge in [-0.3, -0.25) is 0 Å². The number of fused-ring (bicyclic) bond motifs is 1. The van der Waals surface area contributed by atoms with Gasteiger partial charge in [0, 0.05) is 11.9 Å². The zero-order valence-electron chi connectivity index (χ0n) is 15.7. The summed E-state index contributed by atoms with van der Waals surface area (Å²) < 4.78 is 0. The molecule has 0 unspecified atom stereocenters. The number of aryl methyl sites for hydroxylation is 1. The third-order valence-corrected chi connectivity index (χ3v) is 5.17. The number of phenols is 1. The van der Waals surface area contributed by atoms with E-state index in [2.05, 4.69) is 54.4 Å². The SMILES string of the molecule is CCCCCc1ccc2cc(-c3c[nH]c(-c4ccc(O)cc4)c3)ccc2c1. The molecule has 0 saturated heterocycles. The quantitative estimate of drug-likeness (QED) is 0.361. The van der Waals surface area contributed by atoms with Crippen LogP contribution < -0.4 is 0 Å². The molecule has 136 valence electrons. The molecule has 4 aromatic rings. The van der Waals surface area contributed by atoms with Crippen molar-refractivity contribution < 1.29 is 5.11 Å². The Labute approximate surface area is 160 Å². The molecule has 0 saturated carbocycles. The fourth-order valence-corrected chi connectivity index (χ4v) is 3.58. The van der Waals surface area contributed by atoms with Crippen molar-refractivity contribution in [2.75, 3.05) is 0 Å². The monoisotopic (exact) mass is 355 g/mol. The van der Waals surface area contributed by atoms with E-state index in [1.165, 1.54) is 53.1 Å². The molecule has 27 heavy (non-hydrogen) atoms. The van der Waals surface area contributed by atoms with E-state index in [0.717, 1.165) is 11.3 Å². The van der Waals surface area contributed by atoms with Gasteiger partial charge >= 0.3 is 0 Å². The van der Waals surface area contributed by atoms with Crippen molar-refractivity contribution in [1.29, 1.82) is 0 Å². The Kier molecular flexibility index (Phi) is 4.97. The van der Waals surface area contributed by atoms with Gasteiger partial charge in [-0.25, -0.2) is 0 Å². The molecule has 0 spiro atoms. The van der Waals surface area contributed by atoms with E-state index in [-0.39, 0.29) is 5.75 Å². The van der Waals surface area contributed by atoms with Gasteiger partial charge in [0.2, 0.25) is 0 Å². The molecule has 0 aliphatic carbocycles. The molecule has 1 heterocycles. The van der Waals surface area contributed by atoms with Crippen LogP contribution in [0.1, 0.15) is 31.7 Å². The van der Waals surface area contributed by atoms with E-state index >= 15 is 0 Å². The van der Waals surface area contributed by atoms with Crippen LogP contribution in [0.5, 0.6) is 5.75 Å². The summed E-state index contributed by atoms with van der Waals surface area (Å²) in [5.74, 6) is 0.286. The first-order chi connectivity index (χ1) is 13.2. The summed E-state index contributed by atoms with van der Waals surface area (Å²) in [5, 5.41) is 12.0. The molecule has 0 amide bonds. The van der Waals surface area contributed by atoms with Crippen LogP contribution in [0.4, 0.5) is 0 Å². The predicted molar refractivity (Wildman–Crippen MR) is 114 cm³/mol. The Morgan fingerprint density at radius 3 is 2.30 bits per heavy atom. The number of hydrogen-bond donors (Lipinski definition) is 2. The van der Waals surface area contributed by atoms with Gasteiger partial charge in [-0.15, -0.1) is 0 Å². The zero-order valence-corrected chi connectivity index (χ0v) is 15.7. The van der Waals surface area contributed by atoms with Crippen LogP contribution in [-0.4, -0.2) is 10.1 Å². The summed E-state index contributed by atoms with van der Waals surface area (Å²) in [7, 11) is 0. The highest BCUT2D eigenvalue weighted by Gasteiger charge is 2.06. The Morgan fingerprint density at radius 2 is 1.48 bits per heavy atom. The molecular weight excluding hydrogens is 330 g/mol. The van der Waals surface area contributed by atoms with Crippen molar-refractivity contribution in [1.82, 2.24) is 4.98 Å². The molecule has 2 N–H and O–H groups in total. The molecule has 0 atom stereocenters. The summed E-state index contributed by atoms with van der Waals surface area (Å²) in [6.07, 6.45) is 7.04. The lowest BCUT2D eigenvalue weighted by Gasteiger charge is -2.06. The van der Waals surface area contributed by atoms with Crippen LogP contribution in [0.15, 0.2) is 72.9 Å². The van der Waals surface area contributed by atoms with Crippen LogP contribution in [0, 0.1) is 0 Å². The Hall–Kier alpha value is -3.00. The topological polar surface area (TPSA) is 36.0 Å². The van der Waals surface area contributed by atoms with Crippen molar-refractivity contribution in [3.63, 3.8) is 0 Å². The third-order valence-electron chi connectivity index (χ3n) is 5.17. The molecule has 0 radical (unpaired) electrons. The minimum Gasteiger partial charge on any atom is -0.508 e.